The van der Waals surface area contributed by atoms with E-state index in [0.717, 1.165) is 21.9 Å². The molecule has 3 aromatic carbocycles. The molecule has 0 saturated heterocycles. The standard InChI is InChI=1S/C19H16O2/c20-18(15-7-2-1-3-8-15)13-11-17-16-9-5-4-6-14(16)10-12-19(17)21/h1-10,12,21H,11,13H2. The Kier molecular flexibility index (Phi) is 3.69. The molecule has 2 heteroatoms. The zero-order valence-corrected chi connectivity index (χ0v) is 11.6. The number of aryl methyl sites for hydroxylation is 1. The summed E-state index contributed by atoms with van der Waals surface area (Å²) in [6, 6.07) is 20.8. The maximum absolute atomic E-state index is 12.2. The van der Waals surface area contributed by atoms with Crippen LogP contribution in [0.4, 0.5) is 0 Å². The van der Waals surface area contributed by atoms with E-state index in [4.69, 9.17) is 0 Å². The second-order valence-electron chi connectivity index (χ2n) is 5.07. The maximum atomic E-state index is 12.2. The quantitative estimate of drug-likeness (QED) is 0.719. The molecule has 3 aromatic rings. The molecule has 0 aliphatic heterocycles. The molecule has 3 rings (SSSR count). The predicted octanol–water partition coefficient (Wildman–Crippen LogP) is 4.36. The number of carbonyl (C=O) groups is 1. The Hall–Kier alpha value is -2.61. The number of carbonyl (C=O) groups excluding carboxylic acids is 1. The zero-order valence-electron chi connectivity index (χ0n) is 11.6. The molecule has 0 unspecified atom stereocenters. The number of phenols is 1. The Morgan fingerprint density at radius 3 is 2.38 bits per heavy atom. The van der Waals surface area contributed by atoms with Crippen LogP contribution in [0.1, 0.15) is 22.3 Å². The van der Waals surface area contributed by atoms with Gasteiger partial charge in [-0.15, -0.1) is 0 Å². The van der Waals surface area contributed by atoms with Gasteiger partial charge in [-0.2, -0.15) is 0 Å². The van der Waals surface area contributed by atoms with Gasteiger partial charge in [-0.25, -0.2) is 0 Å². The van der Waals surface area contributed by atoms with Crippen LogP contribution >= 0.6 is 0 Å². The van der Waals surface area contributed by atoms with E-state index in [1.54, 1.807) is 6.07 Å². The van der Waals surface area contributed by atoms with Gasteiger partial charge >= 0.3 is 0 Å². The molecule has 0 heterocycles. The summed E-state index contributed by atoms with van der Waals surface area (Å²) in [6.07, 6.45) is 0.937. The maximum Gasteiger partial charge on any atom is 0.163 e. The molecule has 21 heavy (non-hydrogen) atoms. The molecule has 0 saturated carbocycles. The van der Waals surface area contributed by atoms with Crippen molar-refractivity contribution in [3.63, 3.8) is 0 Å². The minimum atomic E-state index is 0.0999. The average Bonchev–Trinajstić information content (AvgIpc) is 2.54. The van der Waals surface area contributed by atoms with Gasteiger partial charge in [-0.05, 0) is 23.3 Å². The molecule has 0 aliphatic carbocycles. The molecule has 0 spiro atoms. The third-order valence-electron chi connectivity index (χ3n) is 3.71. The summed E-state index contributed by atoms with van der Waals surface area (Å²) in [6.45, 7) is 0. The number of hydrogen-bond donors (Lipinski definition) is 1. The Morgan fingerprint density at radius 1 is 0.857 bits per heavy atom. The normalized spacial score (nSPS) is 10.7. The van der Waals surface area contributed by atoms with Gasteiger partial charge in [0, 0.05) is 17.5 Å². The van der Waals surface area contributed by atoms with Gasteiger partial charge < -0.3 is 5.11 Å². The highest BCUT2D eigenvalue weighted by Gasteiger charge is 2.10. The van der Waals surface area contributed by atoms with Crippen molar-refractivity contribution in [2.45, 2.75) is 12.8 Å². The summed E-state index contributed by atoms with van der Waals surface area (Å²) in [7, 11) is 0. The number of fused-ring (bicyclic) bond motifs is 1. The third-order valence-corrected chi connectivity index (χ3v) is 3.71. The van der Waals surface area contributed by atoms with E-state index in [2.05, 4.69) is 0 Å². The van der Waals surface area contributed by atoms with Gasteiger partial charge in [0.2, 0.25) is 0 Å². The van der Waals surface area contributed by atoms with Crippen molar-refractivity contribution < 1.29 is 9.90 Å². The van der Waals surface area contributed by atoms with Gasteiger partial charge in [-0.3, -0.25) is 4.79 Å². The molecule has 0 radical (unpaired) electrons. The van der Waals surface area contributed by atoms with Crippen LogP contribution in [0.15, 0.2) is 66.7 Å². The van der Waals surface area contributed by atoms with E-state index >= 15 is 0 Å². The lowest BCUT2D eigenvalue weighted by molar-refractivity contribution is 0.0983. The lowest BCUT2D eigenvalue weighted by atomic mass is 9.97. The third kappa shape index (κ3) is 2.79. The van der Waals surface area contributed by atoms with Gasteiger partial charge in [0.15, 0.2) is 5.78 Å². The van der Waals surface area contributed by atoms with Gasteiger partial charge in [0.1, 0.15) is 5.75 Å². The second-order valence-corrected chi connectivity index (χ2v) is 5.07. The van der Waals surface area contributed by atoms with E-state index in [1.807, 2.05) is 60.7 Å². The molecule has 0 amide bonds. The smallest absolute Gasteiger partial charge is 0.163 e. The molecule has 0 bridgehead atoms. The molecule has 0 aromatic heterocycles. The molecular weight excluding hydrogens is 260 g/mol. The van der Waals surface area contributed by atoms with Gasteiger partial charge in [0.25, 0.3) is 0 Å². The first-order valence-electron chi connectivity index (χ1n) is 7.03. The lowest BCUT2D eigenvalue weighted by Crippen LogP contribution is -2.01. The van der Waals surface area contributed by atoms with Crippen LogP contribution in [0, 0.1) is 0 Å². The monoisotopic (exact) mass is 276 g/mol. The first kappa shape index (κ1) is 13.4. The first-order chi connectivity index (χ1) is 10.3. The summed E-state index contributed by atoms with van der Waals surface area (Å²) >= 11 is 0. The van der Waals surface area contributed by atoms with Crippen LogP contribution in [-0.4, -0.2) is 10.9 Å². The number of phenolic OH excluding ortho intramolecular Hbond substituents is 1. The Labute approximate surface area is 123 Å². The predicted molar refractivity (Wildman–Crippen MR) is 84.7 cm³/mol. The highest BCUT2D eigenvalue weighted by Crippen LogP contribution is 2.28. The first-order valence-corrected chi connectivity index (χ1v) is 7.03. The number of benzene rings is 3. The van der Waals surface area contributed by atoms with Crippen molar-refractivity contribution in [2.75, 3.05) is 0 Å². The van der Waals surface area contributed by atoms with Crippen molar-refractivity contribution in [3.8, 4) is 5.75 Å². The number of Topliss-reactive ketones (excluding diaryl/α,β-unsaturated/α-hetero) is 1. The molecular formula is C19H16O2. The number of aromatic hydroxyl groups is 1. The second kappa shape index (κ2) is 5.80. The highest BCUT2D eigenvalue weighted by molar-refractivity contribution is 5.96. The summed E-state index contributed by atoms with van der Waals surface area (Å²) < 4.78 is 0. The Balaban J connectivity index is 1.86. The molecule has 104 valence electrons. The fourth-order valence-electron chi connectivity index (χ4n) is 2.59. The number of hydrogen-bond acceptors (Lipinski definition) is 2. The Morgan fingerprint density at radius 2 is 1.57 bits per heavy atom. The minimum Gasteiger partial charge on any atom is -0.508 e. The number of rotatable bonds is 4. The molecule has 2 nitrogen and oxygen atoms in total. The molecule has 0 fully saturated rings. The van der Waals surface area contributed by atoms with Gasteiger partial charge in [-0.1, -0.05) is 60.7 Å². The van der Waals surface area contributed by atoms with Crippen molar-refractivity contribution in [1.29, 1.82) is 0 Å². The summed E-state index contributed by atoms with van der Waals surface area (Å²) in [5.41, 5.74) is 1.56. The van der Waals surface area contributed by atoms with Crippen LogP contribution in [0.25, 0.3) is 10.8 Å². The SMILES string of the molecule is O=C(CCc1c(O)ccc2ccccc12)c1ccccc1. The summed E-state index contributed by atoms with van der Waals surface area (Å²) in [5, 5.41) is 12.2. The largest absolute Gasteiger partial charge is 0.508 e. The van der Waals surface area contributed by atoms with Gasteiger partial charge in [0.05, 0.1) is 0 Å². The van der Waals surface area contributed by atoms with E-state index < -0.39 is 0 Å². The number of ketones is 1. The van der Waals surface area contributed by atoms with Crippen LogP contribution in [0.2, 0.25) is 0 Å². The van der Waals surface area contributed by atoms with E-state index in [-0.39, 0.29) is 11.5 Å². The summed E-state index contributed by atoms with van der Waals surface area (Å²) in [4.78, 5) is 12.2. The van der Waals surface area contributed by atoms with E-state index in [9.17, 15) is 9.90 Å². The summed E-state index contributed by atoms with van der Waals surface area (Å²) in [5.74, 6) is 0.359. The van der Waals surface area contributed by atoms with Crippen LogP contribution in [-0.2, 0) is 6.42 Å². The van der Waals surface area contributed by atoms with Crippen molar-refractivity contribution >= 4 is 16.6 Å². The van der Waals surface area contributed by atoms with Crippen LogP contribution < -0.4 is 0 Å². The lowest BCUT2D eigenvalue weighted by Gasteiger charge is -2.09. The minimum absolute atomic E-state index is 0.0999. The van der Waals surface area contributed by atoms with Crippen molar-refractivity contribution in [2.24, 2.45) is 0 Å². The molecule has 0 aliphatic rings. The van der Waals surface area contributed by atoms with E-state index in [0.29, 0.717) is 12.8 Å². The molecule has 1 N–H and O–H groups in total. The Bertz CT molecular complexity index is 776. The molecule has 0 atom stereocenters. The van der Waals surface area contributed by atoms with E-state index in [1.165, 1.54) is 0 Å². The topological polar surface area (TPSA) is 37.3 Å². The van der Waals surface area contributed by atoms with Crippen LogP contribution in [0.5, 0.6) is 5.75 Å². The van der Waals surface area contributed by atoms with Crippen molar-refractivity contribution in [3.05, 3.63) is 77.9 Å². The van der Waals surface area contributed by atoms with Crippen LogP contribution in [0.3, 0.4) is 0 Å². The fraction of sp³-hybridized carbons (Fsp3) is 0.105. The van der Waals surface area contributed by atoms with Crippen molar-refractivity contribution in [1.82, 2.24) is 0 Å². The fourth-order valence-corrected chi connectivity index (χ4v) is 2.59. The zero-order chi connectivity index (χ0) is 14.7. The average molecular weight is 276 g/mol. The highest BCUT2D eigenvalue weighted by atomic mass is 16.3.